The van der Waals surface area contributed by atoms with Crippen molar-refractivity contribution in [2.45, 2.75) is 0 Å². The van der Waals surface area contributed by atoms with Crippen LogP contribution >= 0.6 is 0 Å². The van der Waals surface area contributed by atoms with Gasteiger partial charge in [0.2, 0.25) is 0 Å². The van der Waals surface area contributed by atoms with Gasteiger partial charge in [-0.05, 0) is 42.5 Å². The molecule has 36 heavy (non-hydrogen) atoms. The number of fused-ring (bicyclic) bond motifs is 2. The third kappa shape index (κ3) is 5.31. The summed E-state index contributed by atoms with van der Waals surface area (Å²) in [7, 11) is 1.66. The Hall–Kier alpha value is -4.38. The number of ether oxygens (including phenoxy) is 5. The summed E-state index contributed by atoms with van der Waals surface area (Å²) in [4.78, 5) is 0. The third-order valence-corrected chi connectivity index (χ3v) is 5.82. The summed E-state index contributed by atoms with van der Waals surface area (Å²) in [5, 5.41) is 3.82. The molecule has 0 aromatic heterocycles. The molecular weight excluding hydrogens is 452 g/mol. The van der Waals surface area contributed by atoms with Crippen molar-refractivity contribution in [2.75, 3.05) is 33.5 Å². The summed E-state index contributed by atoms with van der Waals surface area (Å²) in [6.07, 6.45) is 0. The molecular formula is C31H28O5. The van der Waals surface area contributed by atoms with Crippen molar-refractivity contribution in [3.05, 3.63) is 103 Å². The maximum atomic E-state index is 6.33. The van der Waals surface area contributed by atoms with Gasteiger partial charge in [-0.2, -0.15) is 0 Å². The highest BCUT2D eigenvalue weighted by atomic mass is 16.5. The van der Waals surface area contributed by atoms with Crippen LogP contribution in [0, 0.1) is 0 Å². The van der Waals surface area contributed by atoms with Gasteiger partial charge in [0.05, 0.1) is 7.11 Å². The van der Waals surface area contributed by atoms with Crippen molar-refractivity contribution >= 4 is 21.5 Å². The zero-order chi connectivity index (χ0) is 24.6. The van der Waals surface area contributed by atoms with Gasteiger partial charge in [0, 0.05) is 21.5 Å². The lowest BCUT2D eigenvalue weighted by Crippen LogP contribution is -2.11. The monoisotopic (exact) mass is 480 g/mol. The van der Waals surface area contributed by atoms with Crippen molar-refractivity contribution in [3.8, 4) is 28.7 Å². The molecule has 0 aliphatic rings. The quantitative estimate of drug-likeness (QED) is 0.152. The zero-order valence-electron chi connectivity index (χ0n) is 20.2. The van der Waals surface area contributed by atoms with Crippen LogP contribution in [0.3, 0.4) is 0 Å². The minimum Gasteiger partial charge on any atom is -0.497 e. The standard InChI is InChI=1S/C31H28O5/c1-32-25-16-17-28-29(22-25)31(36-21-19-34-24-12-6-3-7-13-24)27-15-9-8-14-26(27)30(28)35-20-18-33-23-10-4-2-5-11-23/h2-17,22H,18-21H2,1H3. The first-order valence-electron chi connectivity index (χ1n) is 12.0. The molecule has 0 aliphatic carbocycles. The number of rotatable bonds is 11. The second-order valence-corrected chi connectivity index (χ2v) is 8.14. The van der Waals surface area contributed by atoms with E-state index in [0.29, 0.717) is 26.4 Å². The molecule has 0 spiro atoms. The van der Waals surface area contributed by atoms with Crippen molar-refractivity contribution in [1.29, 1.82) is 0 Å². The molecule has 0 unspecified atom stereocenters. The first kappa shape index (κ1) is 23.4. The fraction of sp³-hybridized carbons (Fsp3) is 0.161. The van der Waals surface area contributed by atoms with Crippen LogP contribution in [0.5, 0.6) is 28.7 Å². The molecule has 0 aliphatic heterocycles. The largest absolute Gasteiger partial charge is 0.497 e. The van der Waals surface area contributed by atoms with E-state index in [0.717, 1.165) is 50.3 Å². The second kappa shape index (κ2) is 11.4. The van der Waals surface area contributed by atoms with Crippen LogP contribution in [0.1, 0.15) is 0 Å². The third-order valence-electron chi connectivity index (χ3n) is 5.82. The molecule has 5 nitrogen and oxygen atoms in total. The Morgan fingerprint density at radius 3 is 1.39 bits per heavy atom. The molecule has 0 heterocycles. The van der Waals surface area contributed by atoms with Crippen LogP contribution in [0.15, 0.2) is 103 Å². The molecule has 5 heteroatoms. The molecule has 0 radical (unpaired) electrons. The highest BCUT2D eigenvalue weighted by Gasteiger charge is 2.17. The van der Waals surface area contributed by atoms with Gasteiger partial charge in [0.1, 0.15) is 55.2 Å². The summed E-state index contributed by atoms with van der Waals surface area (Å²) < 4.78 is 29.8. The first-order valence-corrected chi connectivity index (χ1v) is 12.0. The summed E-state index contributed by atoms with van der Waals surface area (Å²) in [6, 6.07) is 33.5. The summed E-state index contributed by atoms with van der Waals surface area (Å²) in [6.45, 7) is 1.67. The minimum atomic E-state index is 0.399. The summed E-state index contributed by atoms with van der Waals surface area (Å²) >= 11 is 0. The molecule has 0 amide bonds. The maximum absolute atomic E-state index is 6.33. The Kier molecular flexibility index (Phi) is 7.38. The number of methoxy groups -OCH3 is 1. The summed E-state index contributed by atoms with van der Waals surface area (Å²) in [5.41, 5.74) is 0. The van der Waals surface area contributed by atoms with Gasteiger partial charge in [0.15, 0.2) is 0 Å². The van der Waals surface area contributed by atoms with Crippen molar-refractivity contribution < 1.29 is 23.7 Å². The fourth-order valence-corrected chi connectivity index (χ4v) is 4.16. The minimum absolute atomic E-state index is 0.399. The molecule has 5 aromatic carbocycles. The lowest BCUT2D eigenvalue weighted by Gasteiger charge is -2.19. The van der Waals surface area contributed by atoms with Crippen LogP contribution in [0.2, 0.25) is 0 Å². The Morgan fingerprint density at radius 2 is 0.861 bits per heavy atom. The van der Waals surface area contributed by atoms with Gasteiger partial charge < -0.3 is 23.7 Å². The van der Waals surface area contributed by atoms with Crippen molar-refractivity contribution in [1.82, 2.24) is 0 Å². The number of hydrogen-bond donors (Lipinski definition) is 0. The van der Waals surface area contributed by atoms with E-state index >= 15 is 0 Å². The van der Waals surface area contributed by atoms with Crippen LogP contribution in [0.25, 0.3) is 21.5 Å². The Bertz CT molecular complexity index is 1420. The van der Waals surface area contributed by atoms with E-state index in [4.69, 9.17) is 23.7 Å². The smallest absolute Gasteiger partial charge is 0.135 e. The molecule has 0 bridgehead atoms. The highest BCUT2D eigenvalue weighted by molar-refractivity contribution is 6.11. The van der Waals surface area contributed by atoms with E-state index in [1.807, 2.05) is 91.0 Å². The predicted octanol–water partition coefficient (Wildman–Crippen LogP) is 6.92. The molecule has 5 rings (SSSR count). The van der Waals surface area contributed by atoms with E-state index < -0.39 is 0 Å². The Balaban J connectivity index is 1.42. The van der Waals surface area contributed by atoms with Crippen molar-refractivity contribution in [3.63, 3.8) is 0 Å². The molecule has 5 aromatic rings. The SMILES string of the molecule is COc1ccc2c(OCCOc3ccccc3)c3ccccc3c(OCCOc3ccccc3)c2c1. The Labute approximate surface area is 210 Å². The second-order valence-electron chi connectivity index (χ2n) is 8.14. The summed E-state index contributed by atoms with van der Waals surface area (Å²) in [5.74, 6) is 3.97. The zero-order valence-corrected chi connectivity index (χ0v) is 20.2. The Morgan fingerprint density at radius 1 is 0.417 bits per heavy atom. The topological polar surface area (TPSA) is 46.2 Å². The van der Waals surface area contributed by atoms with Gasteiger partial charge in [-0.15, -0.1) is 0 Å². The molecule has 0 fully saturated rings. The normalized spacial score (nSPS) is 10.8. The molecule has 0 atom stereocenters. The number of para-hydroxylation sites is 2. The highest BCUT2D eigenvalue weighted by Crippen LogP contribution is 2.44. The van der Waals surface area contributed by atoms with Crippen LogP contribution in [-0.4, -0.2) is 33.5 Å². The van der Waals surface area contributed by atoms with E-state index in [-0.39, 0.29) is 0 Å². The van der Waals surface area contributed by atoms with Gasteiger partial charge in [-0.25, -0.2) is 0 Å². The lowest BCUT2D eigenvalue weighted by atomic mass is 10.00. The molecule has 182 valence electrons. The van der Waals surface area contributed by atoms with E-state index in [2.05, 4.69) is 12.1 Å². The van der Waals surface area contributed by atoms with E-state index in [1.165, 1.54) is 0 Å². The molecule has 0 N–H and O–H groups in total. The molecule has 0 saturated heterocycles. The molecule has 0 saturated carbocycles. The predicted molar refractivity (Wildman–Crippen MR) is 143 cm³/mol. The van der Waals surface area contributed by atoms with E-state index in [9.17, 15) is 0 Å². The van der Waals surface area contributed by atoms with Crippen LogP contribution in [0.4, 0.5) is 0 Å². The van der Waals surface area contributed by atoms with E-state index in [1.54, 1.807) is 7.11 Å². The number of benzene rings is 5. The van der Waals surface area contributed by atoms with Gasteiger partial charge in [-0.1, -0.05) is 60.7 Å². The lowest BCUT2D eigenvalue weighted by molar-refractivity contribution is 0.218. The average molecular weight is 481 g/mol. The average Bonchev–Trinajstić information content (AvgIpc) is 2.94. The van der Waals surface area contributed by atoms with Crippen LogP contribution < -0.4 is 23.7 Å². The van der Waals surface area contributed by atoms with Gasteiger partial charge in [0.25, 0.3) is 0 Å². The number of hydrogen-bond acceptors (Lipinski definition) is 5. The fourth-order valence-electron chi connectivity index (χ4n) is 4.16. The maximum Gasteiger partial charge on any atom is 0.135 e. The first-order chi connectivity index (χ1) is 17.8. The van der Waals surface area contributed by atoms with Crippen LogP contribution in [-0.2, 0) is 0 Å². The van der Waals surface area contributed by atoms with Crippen molar-refractivity contribution in [2.24, 2.45) is 0 Å². The van der Waals surface area contributed by atoms with Gasteiger partial charge >= 0.3 is 0 Å². The van der Waals surface area contributed by atoms with Gasteiger partial charge in [-0.3, -0.25) is 0 Å².